The van der Waals surface area contributed by atoms with Crippen LogP contribution in [0.15, 0.2) is 46.7 Å². The molecule has 0 aliphatic carbocycles. The van der Waals surface area contributed by atoms with E-state index in [4.69, 9.17) is 10.00 Å². The molecule has 29 heavy (non-hydrogen) atoms. The van der Waals surface area contributed by atoms with Crippen LogP contribution in [0, 0.1) is 11.3 Å². The number of carbonyl (C=O) groups excluding carboxylic acids is 1. The molecule has 4 rings (SSSR count). The van der Waals surface area contributed by atoms with E-state index in [1.807, 2.05) is 5.38 Å². The third-order valence-corrected chi connectivity index (χ3v) is 5.58. The molecule has 0 saturated carbocycles. The number of hydrogen-bond acceptors (Lipinski definition) is 7. The molecule has 0 spiro atoms. The Morgan fingerprint density at radius 3 is 2.83 bits per heavy atom. The summed E-state index contributed by atoms with van der Waals surface area (Å²) in [6, 6.07) is 10.5. The number of carbonyl (C=O) groups is 1. The van der Waals surface area contributed by atoms with Crippen molar-refractivity contribution in [2.75, 3.05) is 32.8 Å². The fourth-order valence-corrected chi connectivity index (χ4v) is 4.01. The highest BCUT2D eigenvalue weighted by Crippen LogP contribution is 2.17. The lowest BCUT2D eigenvalue weighted by molar-refractivity contribution is -0.135. The van der Waals surface area contributed by atoms with Crippen LogP contribution in [0.2, 0.25) is 0 Å². The van der Waals surface area contributed by atoms with Crippen molar-refractivity contribution >= 4 is 22.2 Å². The molecule has 0 N–H and O–H groups in total. The standard InChI is InChI=1S/C20H19N5O3S/c21-12-15-3-1-2-4-17(15)28-14-19(27)24-7-5-23(6-8-24)13-16-11-18(26)25-9-10-29-20(25)22-16/h1-4,9-11H,5-8,13-14H2. The van der Waals surface area contributed by atoms with E-state index in [2.05, 4.69) is 16.0 Å². The van der Waals surface area contributed by atoms with Gasteiger partial charge in [0, 0.05) is 50.4 Å². The van der Waals surface area contributed by atoms with Gasteiger partial charge < -0.3 is 9.64 Å². The average molecular weight is 409 g/mol. The Morgan fingerprint density at radius 1 is 1.24 bits per heavy atom. The van der Waals surface area contributed by atoms with E-state index in [0.717, 1.165) is 5.69 Å². The molecule has 9 heteroatoms. The minimum atomic E-state index is -0.103. The molecule has 1 aliphatic rings. The van der Waals surface area contributed by atoms with Gasteiger partial charge in [-0.1, -0.05) is 12.1 Å². The molecule has 1 amide bonds. The Kier molecular flexibility index (Phi) is 5.55. The number of hydrogen-bond donors (Lipinski definition) is 0. The van der Waals surface area contributed by atoms with Gasteiger partial charge in [0.15, 0.2) is 11.6 Å². The summed E-state index contributed by atoms with van der Waals surface area (Å²) < 4.78 is 7.08. The first-order valence-corrected chi connectivity index (χ1v) is 10.1. The summed E-state index contributed by atoms with van der Waals surface area (Å²) in [4.78, 5) is 33.7. The lowest BCUT2D eigenvalue weighted by atomic mass is 10.2. The topological polar surface area (TPSA) is 90.9 Å². The second-order valence-electron chi connectivity index (χ2n) is 6.69. The zero-order chi connectivity index (χ0) is 20.2. The van der Waals surface area contributed by atoms with E-state index in [1.54, 1.807) is 41.4 Å². The van der Waals surface area contributed by atoms with Gasteiger partial charge in [-0.25, -0.2) is 4.98 Å². The van der Waals surface area contributed by atoms with Gasteiger partial charge in [-0.05, 0) is 12.1 Å². The lowest BCUT2D eigenvalue weighted by Gasteiger charge is -2.34. The molecule has 0 unspecified atom stereocenters. The molecule has 0 radical (unpaired) electrons. The first-order chi connectivity index (χ1) is 14.1. The van der Waals surface area contributed by atoms with E-state index >= 15 is 0 Å². The van der Waals surface area contributed by atoms with Gasteiger partial charge in [0.2, 0.25) is 0 Å². The van der Waals surface area contributed by atoms with Crippen LogP contribution in [0.25, 0.3) is 4.96 Å². The minimum Gasteiger partial charge on any atom is -0.482 e. The first kappa shape index (κ1) is 19.1. The molecule has 1 fully saturated rings. The van der Waals surface area contributed by atoms with Gasteiger partial charge >= 0.3 is 0 Å². The average Bonchev–Trinajstić information content (AvgIpc) is 3.22. The van der Waals surface area contributed by atoms with Crippen molar-refractivity contribution in [3.05, 3.63) is 63.5 Å². The summed E-state index contributed by atoms with van der Waals surface area (Å²) in [5, 5.41) is 10.9. The monoisotopic (exact) mass is 409 g/mol. The number of thiazole rings is 1. The predicted octanol–water partition coefficient (Wildman–Crippen LogP) is 1.35. The zero-order valence-electron chi connectivity index (χ0n) is 15.7. The SMILES string of the molecule is N#Cc1ccccc1OCC(=O)N1CCN(Cc2cc(=O)n3ccsc3n2)CC1. The Hall–Kier alpha value is -3.22. The summed E-state index contributed by atoms with van der Waals surface area (Å²) >= 11 is 1.43. The highest BCUT2D eigenvalue weighted by Gasteiger charge is 2.22. The fourth-order valence-electron chi connectivity index (χ4n) is 3.27. The van der Waals surface area contributed by atoms with Crippen LogP contribution in [0.1, 0.15) is 11.3 Å². The number of amides is 1. The summed E-state index contributed by atoms with van der Waals surface area (Å²) in [6.45, 7) is 3.06. The summed E-state index contributed by atoms with van der Waals surface area (Å²) in [5.74, 6) is 0.317. The van der Waals surface area contributed by atoms with Crippen LogP contribution in [0.4, 0.5) is 0 Å². The number of fused-ring (bicyclic) bond motifs is 1. The number of aromatic nitrogens is 2. The van der Waals surface area contributed by atoms with Gasteiger partial charge in [0.05, 0.1) is 11.3 Å². The highest BCUT2D eigenvalue weighted by atomic mass is 32.1. The molecule has 148 valence electrons. The van der Waals surface area contributed by atoms with Gasteiger partial charge in [0.25, 0.3) is 11.5 Å². The third-order valence-electron chi connectivity index (χ3n) is 4.83. The van der Waals surface area contributed by atoms with Crippen molar-refractivity contribution in [3.63, 3.8) is 0 Å². The van der Waals surface area contributed by atoms with Crippen LogP contribution in [0.5, 0.6) is 5.75 Å². The Bertz CT molecular complexity index is 1120. The molecule has 1 aromatic carbocycles. The largest absolute Gasteiger partial charge is 0.482 e. The fraction of sp³-hybridized carbons (Fsp3) is 0.300. The third kappa shape index (κ3) is 4.29. The van der Waals surface area contributed by atoms with Gasteiger partial charge in [-0.2, -0.15) is 5.26 Å². The maximum atomic E-state index is 12.4. The lowest BCUT2D eigenvalue weighted by Crippen LogP contribution is -2.49. The maximum Gasteiger partial charge on any atom is 0.260 e. The molecule has 2 aromatic heterocycles. The number of nitriles is 1. The molecule has 1 saturated heterocycles. The van der Waals surface area contributed by atoms with E-state index in [9.17, 15) is 9.59 Å². The van der Waals surface area contributed by atoms with Crippen molar-refractivity contribution in [3.8, 4) is 11.8 Å². The number of nitrogens with zero attached hydrogens (tertiary/aromatic N) is 5. The minimum absolute atomic E-state index is 0.0742. The second-order valence-corrected chi connectivity index (χ2v) is 7.57. The van der Waals surface area contributed by atoms with Crippen LogP contribution >= 0.6 is 11.3 Å². The molecule has 0 atom stereocenters. The van der Waals surface area contributed by atoms with E-state index in [0.29, 0.717) is 49.0 Å². The van der Waals surface area contributed by atoms with Gasteiger partial charge in [-0.15, -0.1) is 11.3 Å². The van der Waals surface area contributed by atoms with Crippen LogP contribution in [-0.4, -0.2) is 57.9 Å². The van der Waals surface area contributed by atoms with Gasteiger partial charge in [0.1, 0.15) is 11.8 Å². The smallest absolute Gasteiger partial charge is 0.260 e. The van der Waals surface area contributed by atoms with Gasteiger partial charge in [-0.3, -0.25) is 18.9 Å². The van der Waals surface area contributed by atoms with Crippen LogP contribution in [-0.2, 0) is 11.3 Å². The molecule has 1 aliphatic heterocycles. The van der Waals surface area contributed by atoms with Crippen molar-refractivity contribution in [1.29, 1.82) is 5.26 Å². The first-order valence-electron chi connectivity index (χ1n) is 9.22. The Morgan fingerprint density at radius 2 is 2.03 bits per heavy atom. The number of para-hydroxylation sites is 1. The normalized spacial score (nSPS) is 14.7. The number of benzene rings is 1. The summed E-state index contributed by atoms with van der Waals surface area (Å²) in [5.41, 5.74) is 1.08. The second kappa shape index (κ2) is 8.43. The van der Waals surface area contributed by atoms with Crippen molar-refractivity contribution < 1.29 is 9.53 Å². The van der Waals surface area contributed by atoms with Crippen molar-refractivity contribution in [2.24, 2.45) is 0 Å². The maximum absolute atomic E-state index is 12.4. The predicted molar refractivity (Wildman–Crippen MR) is 108 cm³/mol. The summed E-state index contributed by atoms with van der Waals surface area (Å²) in [6.07, 6.45) is 1.72. The van der Waals surface area contributed by atoms with Crippen LogP contribution in [0.3, 0.4) is 0 Å². The number of rotatable bonds is 5. The number of piperazine rings is 1. The Labute approximate surface area is 171 Å². The van der Waals surface area contributed by atoms with Crippen molar-refractivity contribution in [1.82, 2.24) is 19.2 Å². The summed E-state index contributed by atoms with van der Waals surface area (Å²) in [7, 11) is 0. The Balaban J connectivity index is 1.30. The quantitative estimate of drug-likeness (QED) is 0.632. The van der Waals surface area contributed by atoms with E-state index in [1.165, 1.54) is 15.7 Å². The molecule has 3 heterocycles. The molecular formula is C20H19N5O3S. The highest BCUT2D eigenvalue weighted by molar-refractivity contribution is 7.15. The molecule has 0 bridgehead atoms. The zero-order valence-corrected chi connectivity index (χ0v) is 16.5. The van der Waals surface area contributed by atoms with E-state index < -0.39 is 0 Å². The molecular weight excluding hydrogens is 390 g/mol. The van der Waals surface area contributed by atoms with Crippen LogP contribution < -0.4 is 10.3 Å². The number of ether oxygens (including phenoxy) is 1. The molecule has 8 nitrogen and oxygen atoms in total. The van der Waals surface area contributed by atoms with E-state index in [-0.39, 0.29) is 18.1 Å². The van der Waals surface area contributed by atoms with Crippen molar-refractivity contribution in [2.45, 2.75) is 6.54 Å². The molecule has 3 aromatic rings.